The van der Waals surface area contributed by atoms with Crippen molar-refractivity contribution >= 4 is 5.71 Å². The zero-order chi connectivity index (χ0) is 16.4. The molecule has 0 aromatic heterocycles. The van der Waals surface area contributed by atoms with E-state index in [0.29, 0.717) is 17.7 Å². The van der Waals surface area contributed by atoms with Crippen LogP contribution in [0.15, 0.2) is 24.3 Å². The Morgan fingerprint density at radius 1 is 0.864 bits per heavy atom. The largest absolute Gasteiger partial charge is 0.507 e. The third-order valence-electron chi connectivity index (χ3n) is 5.01. The number of phenols is 1. The number of hydrogen-bond acceptors (Lipinski definition) is 2. The van der Waals surface area contributed by atoms with Gasteiger partial charge in [-0.1, -0.05) is 12.1 Å². The molecule has 0 spiro atoms. The molecule has 0 atom stereocenters. The first-order chi connectivity index (χ1) is 10.3. The van der Waals surface area contributed by atoms with Crippen LogP contribution < -0.4 is 0 Å². The molecule has 0 aliphatic carbocycles. The average molecular weight is 295 g/mol. The van der Waals surface area contributed by atoms with Gasteiger partial charge in [0.2, 0.25) is 0 Å². The summed E-state index contributed by atoms with van der Waals surface area (Å²) >= 11 is 0. The number of hydrogen-bond donors (Lipinski definition) is 2. The Morgan fingerprint density at radius 3 is 1.91 bits per heavy atom. The molecule has 22 heavy (non-hydrogen) atoms. The highest BCUT2D eigenvalue weighted by molar-refractivity contribution is 6.00. The van der Waals surface area contributed by atoms with E-state index in [1.165, 1.54) is 33.4 Å². The minimum atomic E-state index is 0.192. The Hall–Kier alpha value is -2.09. The molecule has 0 unspecified atom stereocenters. The van der Waals surface area contributed by atoms with Gasteiger partial charge in [-0.3, -0.25) is 0 Å². The van der Waals surface area contributed by atoms with Crippen molar-refractivity contribution in [3.8, 4) is 5.75 Å². The van der Waals surface area contributed by atoms with Crippen molar-refractivity contribution in [2.75, 3.05) is 0 Å². The van der Waals surface area contributed by atoms with Crippen LogP contribution >= 0.6 is 0 Å². The lowest BCUT2D eigenvalue weighted by Gasteiger charge is -2.19. The van der Waals surface area contributed by atoms with Gasteiger partial charge in [-0.2, -0.15) is 0 Å². The molecular formula is C20H25NO. The third-order valence-corrected chi connectivity index (χ3v) is 5.01. The molecule has 0 saturated carbocycles. The molecule has 2 aromatic carbocycles. The summed E-state index contributed by atoms with van der Waals surface area (Å²) in [5.41, 5.74) is 9.23. The minimum absolute atomic E-state index is 0.192. The Labute approximate surface area is 133 Å². The fourth-order valence-corrected chi connectivity index (χ4v) is 3.07. The molecular weight excluding hydrogens is 270 g/mol. The molecule has 2 nitrogen and oxygen atoms in total. The first-order valence-corrected chi connectivity index (χ1v) is 7.76. The van der Waals surface area contributed by atoms with E-state index < -0.39 is 0 Å². The molecule has 0 aliphatic heterocycles. The van der Waals surface area contributed by atoms with Crippen molar-refractivity contribution in [1.29, 1.82) is 5.41 Å². The molecule has 0 aliphatic rings. The highest BCUT2D eigenvalue weighted by atomic mass is 16.3. The Kier molecular flexibility index (Phi) is 4.70. The van der Waals surface area contributed by atoms with Gasteiger partial charge in [-0.05, 0) is 93.0 Å². The maximum atomic E-state index is 9.87. The number of rotatable bonds is 4. The van der Waals surface area contributed by atoms with Crippen LogP contribution in [0.4, 0.5) is 0 Å². The third kappa shape index (κ3) is 2.92. The van der Waals surface area contributed by atoms with Crippen LogP contribution in [0.2, 0.25) is 0 Å². The van der Waals surface area contributed by atoms with Crippen LogP contribution in [0.1, 0.15) is 45.4 Å². The lowest BCUT2D eigenvalue weighted by atomic mass is 9.87. The average Bonchev–Trinajstić information content (AvgIpc) is 2.51. The lowest BCUT2D eigenvalue weighted by molar-refractivity contribution is 0.474. The summed E-state index contributed by atoms with van der Waals surface area (Å²) in [7, 11) is 0. The van der Waals surface area contributed by atoms with Crippen LogP contribution in [-0.4, -0.2) is 10.8 Å². The fraction of sp³-hybridized carbons (Fsp3) is 0.350. The Bertz CT molecular complexity index is 700. The van der Waals surface area contributed by atoms with E-state index >= 15 is 0 Å². The zero-order valence-electron chi connectivity index (χ0n) is 14.2. The molecule has 0 amide bonds. The van der Waals surface area contributed by atoms with E-state index in [9.17, 15) is 5.11 Å². The van der Waals surface area contributed by atoms with E-state index in [0.717, 1.165) is 6.42 Å². The van der Waals surface area contributed by atoms with Crippen molar-refractivity contribution in [2.45, 2.75) is 47.5 Å². The maximum Gasteiger partial charge on any atom is 0.124 e. The predicted octanol–water partition coefficient (Wildman–Crippen LogP) is 4.93. The Balaban J connectivity index is 2.26. The van der Waals surface area contributed by atoms with Crippen molar-refractivity contribution < 1.29 is 5.11 Å². The van der Waals surface area contributed by atoms with E-state index in [1.54, 1.807) is 12.1 Å². The predicted molar refractivity (Wildman–Crippen MR) is 93.4 cm³/mol. The number of phenolic OH excluding ortho intramolecular Hbond substituents is 1. The summed E-state index contributed by atoms with van der Waals surface area (Å²) in [5.74, 6) is 0.192. The molecule has 0 fully saturated rings. The summed E-state index contributed by atoms with van der Waals surface area (Å²) in [4.78, 5) is 0. The summed E-state index contributed by atoms with van der Waals surface area (Å²) in [6.07, 6.45) is 1.48. The van der Waals surface area contributed by atoms with Crippen LogP contribution in [0.5, 0.6) is 5.75 Å². The maximum absolute atomic E-state index is 9.87. The molecule has 2 aromatic rings. The first-order valence-electron chi connectivity index (χ1n) is 7.76. The van der Waals surface area contributed by atoms with E-state index in [-0.39, 0.29) is 5.75 Å². The molecule has 116 valence electrons. The molecule has 0 bridgehead atoms. The van der Waals surface area contributed by atoms with Gasteiger partial charge < -0.3 is 10.5 Å². The second-order valence-electron chi connectivity index (χ2n) is 6.10. The smallest absolute Gasteiger partial charge is 0.124 e. The zero-order valence-corrected chi connectivity index (χ0v) is 14.2. The van der Waals surface area contributed by atoms with Crippen molar-refractivity contribution in [3.63, 3.8) is 0 Å². The molecule has 2 heteroatoms. The molecule has 0 heterocycles. The quantitative estimate of drug-likeness (QED) is 0.771. The minimum Gasteiger partial charge on any atom is -0.507 e. The van der Waals surface area contributed by atoms with Crippen molar-refractivity contribution in [3.05, 3.63) is 63.2 Å². The van der Waals surface area contributed by atoms with Gasteiger partial charge in [0.15, 0.2) is 0 Å². The summed E-state index contributed by atoms with van der Waals surface area (Å²) in [6.45, 7) is 10.9. The van der Waals surface area contributed by atoms with Gasteiger partial charge in [0.25, 0.3) is 0 Å². The second kappa shape index (κ2) is 6.35. The number of nitrogens with one attached hydrogen (secondary N) is 1. The highest BCUT2D eigenvalue weighted by Crippen LogP contribution is 2.27. The van der Waals surface area contributed by atoms with Crippen LogP contribution in [0.3, 0.4) is 0 Å². The fourth-order valence-electron chi connectivity index (χ4n) is 3.07. The monoisotopic (exact) mass is 295 g/mol. The van der Waals surface area contributed by atoms with Crippen molar-refractivity contribution in [1.82, 2.24) is 0 Å². The summed E-state index contributed by atoms with van der Waals surface area (Å²) in [5, 5.41) is 18.1. The van der Waals surface area contributed by atoms with Gasteiger partial charge in [0.1, 0.15) is 5.75 Å². The summed E-state index contributed by atoms with van der Waals surface area (Å²) < 4.78 is 0. The number of benzene rings is 2. The summed E-state index contributed by atoms with van der Waals surface area (Å²) in [6, 6.07) is 7.09. The number of aromatic hydroxyl groups is 1. The molecule has 2 rings (SSSR count). The lowest BCUT2D eigenvalue weighted by Crippen LogP contribution is -2.07. The SMILES string of the molecule is Cc1c(C)c(C)c(CCC(=N)c2ccccc2O)c(C)c1C. The van der Waals surface area contributed by atoms with Gasteiger partial charge >= 0.3 is 0 Å². The van der Waals surface area contributed by atoms with Gasteiger partial charge in [0, 0.05) is 11.3 Å². The topological polar surface area (TPSA) is 44.1 Å². The molecule has 0 saturated heterocycles. The van der Waals surface area contributed by atoms with E-state index in [1.807, 2.05) is 12.1 Å². The van der Waals surface area contributed by atoms with E-state index in [4.69, 9.17) is 5.41 Å². The van der Waals surface area contributed by atoms with E-state index in [2.05, 4.69) is 34.6 Å². The van der Waals surface area contributed by atoms with Gasteiger partial charge in [-0.15, -0.1) is 0 Å². The van der Waals surface area contributed by atoms with Crippen LogP contribution in [0.25, 0.3) is 0 Å². The van der Waals surface area contributed by atoms with Crippen LogP contribution in [0, 0.1) is 40.0 Å². The normalized spacial score (nSPS) is 10.8. The molecule has 2 N–H and O–H groups in total. The van der Waals surface area contributed by atoms with Crippen molar-refractivity contribution in [2.24, 2.45) is 0 Å². The van der Waals surface area contributed by atoms with Crippen LogP contribution in [-0.2, 0) is 6.42 Å². The molecule has 0 radical (unpaired) electrons. The van der Waals surface area contributed by atoms with Gasteiger partial charge in [-0.25, -0.2) is 0 Å². The first kappa shape index (κ1) is 16.3. The number of para-hydroxylation sites is 1. The Morgan fingerprint density at radius 2 is 1.36 bits per heavy atom. The van der Waals surface area contributed by atoms with Gasteiger partial charge in [0.05, 0.1) is 0 Å². The second-order valence-corrected chi connectivity index (χ2v) is 6.10. The standard InChI is InChI=1S/C20H25NO/c1-12-13(2)15(4)17(16(5)14(12)3)10-11-19(21)18-8-6-7-9-20(18)22/h6-9,21-22H,10-11H2,1-5H3. The highest BCUT2D eigenvalue weighted by Gasteiger charge is 2.14.